The molecule has 98 valence electrons. The summed E-state index contributed by atoms with van der Waals surface area (Å²) in [6, 6.07) is 0.445. The van der Waals surface area contributed by atoms with E-state index in [1.165, 1.54) is 0 Å². The number of carboxylic acids is 1. The van der Waals surface area contributed by atoms with Crippen molar-refractivity contribution in [3.8, 4) is 0 Å². The lowest BCUT2D eigenvalue weighted by atomic mass is 10.2. The fraction of sp³-hybridized carbons (Fsp3) is 0. The van der Waals surface area contributed by atoms with Crippen molar-refractivity contribution in [1.82, 2.24) is 0 Å². The molecule has 1 aromatic rings. The maximum Gasteiger partial charge on any atom is 0.335 e. The van der Waals surface area contributed by atoms with Crippen LogP contribution in [0.25, 0.3) is 0 Å². The molecule has 0 fully saturated rings. The SMILES string of the molecule is O=C(O)c1cc([NH2+]O)cc(S(F)(F)(F)(F)F)c1. The lowest BCUT2D eigenvalue weighted by molar-refractivity contribution is -0.825. The van der Waals surface area contributed by atoms with E-state index in [1.807, 2.05) is 0 Å². The van der Waals surface area contributed by atoms with Gasteiger partial charge in [-0.2, -0.15) is 5.48 Å². The number of aromatic carboxylic acids is 1. The van der Waals surface area contributed by atoms with E-state index in [9.17, 15) is 24.2 Å². The van der Waals surface area contributed by atoms with Crippen LogP contribution in [0.2, 0.25) is 0 Å². The Morgan fingerprint density at radius 2 is 1.65 bits per heavy atom. The topological polar surface area (TPSA) is 74.1 Å². The van der Waals surface area contributed by atoms with Gasteiger partial charge in [0.1, 0.15) is 4.90 Å². The molecule has 0 heterocycles. The van der Waals surface area contributed by atoms with Crippen LogP contribution in [0.4, 0.5) is 25.1 Å². The van der Waals surface area contributed by atoms with Crippen LogP contribution in [0.1, 0.15) is 10.4 Å². The van der Waals surface area contributed by atoms with Crippen molar-refractivity contribution in [1.29, 1.82) is 0 Å². The lowest BCUT2D eigenvalue weighted by Crippen LogP contribution is -2.73. The number of halogens is 5. The summed E-state index contributed by atoms with van der Waals surface area (Å²) in [7, 11) is -9.96. The normalized spacial score (nSPS) is 16.1. The first-order valence-electron chi connectivity index (χ1n) is 3.93. The minimum atomic E-state index is -9.96. The minimum Gasteiger partial charge on any atom is -0.478 e. The quantitative estimate of drug-likeness (QED) is 0.452. The van der Waals surface area contributed by atoms with Crippen LogP contribution < -0.4 is 5.48 Å². The fourth-order valence-corrected chi connectivity index (χ4v) is 1.75. The summed E-state index contributed by atoms with van der Waals surface area (Å²) < 4.78 is 62.1. The number of rotatable bonds is 3. The molecule has 0 aliphatic heterocycles. The minimum absolute atomic E-state index is 0.0198. The van der Waals surface area contributed by atoms with Crippen LogP contribution in [0.5, 0.6) is 0 Å². The highest BCUT2D eigenvalue weighted by Crippen LogP contribution is 3.02. The standard InChI is InChI=1S/C7H6F5NO3S/c8-17(9,10,11,12)6-2-4(7(14)15)1-5(3-6)13-16/h1-3,13,16H,(H,14,15)/p+1. The molecule has 4 N–H and O–H groups in total. The lowest BCUT2D eigenvalue weighted by Gasteiger charge is -2.40. The summed E-state index contributed by atoms with van der Waals surface area (Å²) in [6.45, 7) is 0. The summed E-state index contributed by atoms with van der Waals surface area (Å²) in [5.74, 6) is -1.81. The zero-order chi connectivity index (χ0) is 13.5. The highest BCUT2D eigenvalue weighted by atomic mass is 32.5. The van der Waals surface area contributed by atoms with Gasteiger partial charge in [-0.15, -0.1) is 0 Å². The van der Waals surface area contributed by atoms with Crippen LogP contribution in [-0.2, 0) is 0 Å². The molecule has 0 unspecified atom stereocenters. The average Bonchev–Trinajstić information content (AvgIpc) is 2.13. The average molecular weight is 280 g/mol. The van der Waals surface area contributed by atoms with Crippen LogP contribution in [0.15, 0.2) is 23.1 Å². The van der Waals surface area contributed by atoms with Crippen molar-refractivity contribution in [3.63, 3.8) is 0 Å². The summed E-state index contributed by atoms with van der Waals surface area (Å²) in [5.41, 5.74) is -1.55. The van der Waals surface area contributed by atoms with Crippen LogP contribution in [0.3, 0.4) is 0 Å². The Balaban J connectivity index is 3.58. The second-order valence-corrected chi connectivity index (χ2v) is 5.60. The second kappa shape index (κ2) is 3.09. The summed E-state index contributed by atoms with van der Waals surface area (Å²) in [4.78, 5) is 8.11. The van der Waals surface area contributed by atoms with E-state index in [-0.39, 0.29) is 17.6 Å². The molecule has 0 aliphatic carbocycles. The molecule has 17 heavy (non-hydrogen) atoms. The van der Waals surface area contributed by atoms with Crippen molar-refractivity contribution < 1.29 is 40.0 Å². The van der Waals surface area contributed by atoms with Gasteiger partial charge in [0.2, 0.25) is 0 Å². The Hall–Kier alpha value is -1.39. The Kier molecular flexibility index (Phi) is 2.48. The zero-order valence-electron chi connectivity index (χ0n) is 7.91. The zero-order valence-corrected chi connectivity index (χ0v) is 8.73. The summed E-state index contributed by atoms with van der Waals surface area (Å²) >= 11 is 0. The van der Waals surface area contributed by atoms with Crippen LogP contribution >= 0.6 is 10.2 Å². The highest BCUT2D eigenvalue weighted by Gasteiger charge is 2.65. The van der Waals surface area contributed by atoms with Crippen molar-refractivity contribution in [2.24, 2.45) is 0 Å². The molecular weight excluding hydrogens is 273 g/mol. The highest BCUT2D eigenvalue weighted by molar-refractivity contribution is 8.45. The number of hydrogen-bond acceptors (Lipinski definition) is 2. The molecule has 10 heteroatoms. The maximum absolute atomic E-state index is 12.4. The van der Waals surface area contributed by atoms with Gasteiger partial charge < -0.3 is 5.11 Å². The first-order valence-corrected chi connectivity index (χ1v) is 5.88. The molecule has 0 saturated carbocycles. The number of carbonyl (C=O) groups is 1. The molecule has 4 nitrogen and oxygen atoms in total. The van der Waals surface area contributed by atoms with Gasteiger partial charge in [0.15, 0.2) is 5.69 Å². The molecule has 0 aliphatic rings. The van der Waals surface area contributed by atoms with Gasteiger partial charge in [0.05, 0.1) is 5.56 Å². The molecule has 0 atom stereocenters. The monoisotopic (exact) mass is 280 g/mol. The Bertz CT molecular complexity index is 485. The van der Waals surface area contributed by atoms with Gasteiger partial charge >= 0.3 is 16.2 Å². The van der Waals surface area contributed by atoms with Gasteiger partial charge in [-0.05, 0) is 6.07 Å². The first-order chi connectivity index (χ1) is 7.33. The fourth-order valence-electron chi connectivity index (χ4n) is 1.04. The Morgan fingerprint density at radius 3 is 2.00 bits per heavy atom. The molecule has 0 amide bonds. The molecular formula is C7H7F5NO3S+. The molecule has 0 spiro atoms. The van der Waals surface area contributed by atoms with E-state index in [0.717, 1.165) is 0 Å². The number of carboxylic acid groups (broad SMARTS) is 1. The van der Waals surface area contributed by atoms with Crippen molar-refractivity contribution in [2.45, 2.75) is 4.90 Å². The van der Waals surface area contributed by atoms with E-state index in [4.69, 9.17) is 10.3 Å². The van der Waals surface area contributed by atoms with Gasteiger partial charge in [-0.25, -0.2) is 10.0 Å². The van der Waals surface area contributed by atoms with E-state index in [2.05, 4.69) is 0 Å². The van der Waals surface area contributed by atoms with Crippen molar-refractivity contribution in [3.05, 3.63) is 23.8 Å². The third-order valence-electron chi connectivity index (χ3n) is 1.77. The van der Waals surface area contributed by atoms with Crippen LogP contribution in [0, 0.1) is 0 Å². The molecule has 0 bridgehead atoms. The summed E-state index contributed by atoms with van der Waals surface area (Å²) in [6.07, 6.45) is 0. The Labute approximate surface area is 91.4 Å². The van der Waals surface area contributed by atoms with Gasteiger partial charge in [0.25, 0.3) is 0 Å². The van der Waals surface area contributed by atoms with Crippen molar-refractivity contribution >= 4 is 21.9 Å². The van der Waals surface area contributed by atoms with Gasteiger partial charge in [0, 0.05) is 12.1 Å². The third-order valence-corrected chi connectivity index (χ3v) is 2.90. The van der Waals surface area contributed by atoms with E-state index in [1.54, 1.807) is 0 Å². The number of hydrogen-bond donors (Lipinski definition) is 3. The van der Waals surface area contributed by atoms with E-state index in [0.29, 0.717) is 6.07 Å². The number of quaternary nitrogens is 1. The summed E-state index contributed by atoms with van der Waals surface area (Å²) in [5, 5.41) is 17.0. The van der Waals surface area contributed by atoms with E-state index >= 15 is 0 Å². The molecule has 0 aromatic heterocycles. The predicted octanol–water partition coefficient (Wildman–Crippen LogP) is 2.63. The largest absolute Gasteiger partial charge is 0.478 e. The van der Waals surface area contributed by atoms with E-state index < -0.39 is 32.3 Å². The Morgan fingerprint density at radius 1 is 1.12 bits per heavy atom. The number of nitrogens with two attached hydrogens (primary N) is 1. The van der Waals surface area contributed by atoms with Gasteiger partial charge in [-0.1, -0.05) is 19.4 Å². The smallest absolute Gasteiger partial charge is 0.335 e. The van der Waals surface area contributed by atoms with Crippen LogP contribution in [-0.4, -0.2) is 16.3 Å². The predicted molar refractivity (Wildman–Crippen MR) is 48.2 cm³/mol. The second-order valence-electron chi connectivity index (χ2n) is 3.19. The molecule has 0 radical (unpaired) electrons. The number of benzene rings is 1. The third kappa shape index (κ3) is 3.28. The molecule has 1 aromatic carbocycles. The van der Waals surface area contributed by atoms with Gasteiger partial charge in [-0.3, -0.25) is 0 Å². The van der Waals surface area contributed by atoms with Crippen molar-refractivity contribution in [2.75, 3.05) is 0 Å². The molecule has 0 saturated heterocycles. The first kappa shape index (κ1) is 13.7. The maximum atomic E-state index is 12.4. The molecule has 1 rings (SSSR count).